The summed E-state index contributed by atoms with van der Waals surface area (Å²) in [7, 11) is 0. The van der Waals surface area contributed by atoms with E-state index in [1.807, 2.05) is 43.3 Å². The Bertz CT molecular complexity index is 837. The summed E-state index contributed by atoms with van der Waals surface area (Å²) in [6.07, 6.45) is 2.64. The van der Waals surface area contributed by atoms with Crippen molar-refractivity contribution >= 4 is 5.91 Å². The number of aryl methyl sites for hydroxylation is 2. The first kappa shape index (κ1) is 15.9. The molecule has 24 heavy (non-hydrogen) atoms. The molecule has 3 rings (SSSR count). The van der Waals surface area contributed by atoms with Crippen molar-refractivity contribution in [2.75, 3.05) is 0 Å². The Labute approximate surface area is 141 Å². The molecule has 0 radical (unpaired) electrons. The van der Waals surface area contributed by atoms with Crippen LogP contribution in [-0.2, 0) is 13.0 Å². The molecule has 5 heteroatoms. The highest BCUT2D eigenvalue weighted by atomic mass is 16.2. The van der Waals surface area contributed by atoms with Gasteiger partial charge in [-0.05, 0) is 42.2 Å². The van der Waals surface area contributed by atoms with Crippen LogP contribution in [0.25, 0.3) is 5.69 Å². The molecule has 0 aliphatic rings. The second-order valence-electron chi connectivity index (χ2n) is 5.68. The highest BCUT2D eigenvalue weighted by Gasteiger charge is 2.11. The van der Waals surface area contributed by atoms with Crippen molar-refractivity contribution in [2.24, 2.45) is 0 Å². The number of nitrogens with zero attached hydrogens (tertiary/aromatic N) is 3. The molecule has 3 aromatic rings. The van der Waals surface area contributed by atoms with E-state index in [1.165, 1.54) is 5.56 Å². The first-order valence-electron chi connectivity index (χ1n) is 8.01. The normalized spacial score (nSPS) is 10.6. The van der Waals surface area contributed by atoms with Crippen LogP contribution in [0, 0.1) is 6.92 Å². The lowest BCUT2D eigenvalue weighted by atomic mass is 10.1. The third kappa shape index (κ3) is 3.51. The molecule has 0 saturated carbocycles. The quantitative estimate of drug-likeness (QED) is 0.786. The van der Waals surface area contributed by atoms with Gasteiger partial charge in [-0.2, -0.15) is 0 Å². The van der Waals surface area contributed by atoms with Gasteiger partial charge < -0.3 is 5.32 Å². The van der Waals surface area contributed by atoms with E-state index in [1.54, 1.807) is 10.9 Å². The van der Waals surface area contributed by atoms with Crippen molar-refractivity contribution in [3.05, 3.63) is 77.1 Å². The Balaban J connectivity index is 1.68. The molecule has 122 valence electrons. The molecule has 0 aliphatic heterocycles. The Morgan fingerprint density at radius 1 is 1.12 bits per heavy atom. The van der Waals surface area contributed by atoms with Gasteiger partial charge in [0.25, 0.3) is 5.91 Å². The van der Waals surface area contributed by atoms with Gasteiger partial charge in [0, 0.05) is 6.54 Å². The highest BCUT2D eigenvalue weighted by molar-refractivity contribution is 5.91. The van der Waals surface area contributed by atoms with Crippen LogP contribution in [0.4, 0.5) is 0 Å². The Morgan fingerprint density at radius 2 is 1.88 bits per heavy atom. The van der Waals surface area contributed by atoms with Crippen LogP contribution in [0.15, 0.2) is 54.7 Å². The lowest BCUT2D eigenvalue weighted by Gasteiger charge is -2.06. The van der Waals surface area contributed by atoms with Gasteiger partial charge in [-0.1, -0.05) is 48.5 Å². The standard InChI is InChI=1S/C19H20N4O/c1-3-15-8-10-17(11-9-15)23-13-18(21-22-23)19(24)20-12-16-7-5-4-6-14(16)2/h4-11,13H,3,12H2,1-2H3,(H,20,24). The molecule has 0 aliphatic carbocycles. The summed E-state index contributed by atoms with van der Waals surface area (Å²) in [6, 6.07) is 16.0. The van der Waals surface area contributed by atoms with Gasteiger partial charge in [0.15, 0.2) is 5.69 Å². The first-order chi connectivity index (χ1) is 11.7. The number of rotatable bonds is 5. The molecule has 2 aromatic carbocycles. The number of hydrogen-bond donors (Lipinski definition) is 1. The van der Waals surface area contributed by atoms with Crippen LogP contribution in [0.3, 0.4) is 0 Å². The number of aromatic nitrogens is 3. The number of nitrogens with one attached hydrogen (secondary N) is 1. The van der Waals surface area contributed by atoms with Crippen LogP contribution in [-0.4, -0.2) is 20.9 Å². The zero-order valence-electron chi connectivity index (χ0n) is 13.9. The van der Waals surface area contributed by atoms with Crippen molar-refractivity contribution in [3.63, 3.8) is 0 Å². The third-order valence-corrected chi connectivity index (χ3v) is 4.04. The van der Waals surface area contributed by atoms with Crippen molar-refractivity contribution < 1.29 is 4.79 Å². The predicted octanol–water partition coefficient (Wildman–Crippen LogP) is 3.07. The molecule has 0 unspecified atom stereocenters. The molecule has 1 N–H and O–H groups in total. The van der Waals surface area contributed by atoms with Crippen molar-refractivity contribution in [1.29, 1.82) is 0 Å². The van der Waals surface area contributed by atoms with Gasteiger partial charge >= 0.3 is 0 Å². The minimum absolute atomic E-state index is 0.227. The van der Waals surface area contributed by atoms with Gasteiger partial charge in [-0.25, -0.2) is 4.68 Å². The van der Waals surface area contributed by atoms with Gasteiger partial charge in [-0.3, -0.25) is 4.79 Å². The summed E-state index contributed by atoms with van der Waals surface area (Å²) >= 11 is 0. The number of carbonyl (C=O) groups excluding carboxylic acids is 1. The molecule has 1 heterocycles. The maximum atomic E-state index is 12.2. The lowest BCUT2D eigenvalue weighted by molar-refractivity contribution is 0.0946. The maximum Gasteiger partial charge on any atom is 0.273 e. The zero-order chi connectivity index (χ0) is 16.9. The predicted molar refractivity (Wildman–Crippen MR) is 93.1 cm³/mol. The fourth-order valence-corrected chi connectivity index (χ4v) is 2.45. The summed E-state index contributed by atoms with van der Waals surface area (Å²) in [6.45, 7) is 4.61. The number of amides is 1. The van der Waals surface area contributed by atoms with E-state index in [2.05, 4.69) is 34.7 Å². The summed E-state index contributed by atoms with van der Waals surface area (Å²) < 4.78 is 1.61. The molecule has 5 nitrogen and oxygen atoms in total. The molecular formula is C19H20N4O. The van der Waals surface area contributed by atoms with Gasteiger partial charge in [0.2, 0.25) is 0 Å². The van der Waals surface area contributed by atoms with E-state index in [0.29, 0.717) is 12.2 Å². The summed E-state index contributed by atoms with van der Waals surface area (Å²) in [5.41, 5.74) is 4.70. The largest absolute Gasteiger partial charge is 0.347 e. The molecule has 0 spiro atoms. The SMILES string of the molecule is CCc1ccc(-n2cc(C(=O)NCc3ccccc3C)nn2)cc1. The second-order valence-corrected chi connectivity index (χ2v) is 5.68. The smallest absolute Gasteiger partial charge is 0.273 e. The average Bonchev–Trinajstić information content (AvgIpc) is 3.11. The van der Waals surface area contributed by atoms with Gasteiger partial charge in [0.1, 0.15) is 0 Å². The van der Waals surface area contributed by atoms with Crippen molar-refractivity contribution in [2.45, 2.75) is 26.8 Å². The van der Waals surface area contributed by atoms with Crippen molar-refractivity contribution in [3.8, 4) is 5.69 Å². The average molecular weight is 320 g/mol. The van der Waals surface area contributed by atoms with Crippen molar-refractivity contribution in [1.82, 2.24) is 20.3 Å². The molecule has 1 aromatic heterocycles. The van der Waals surface area contributed by atoms with Crippen LogP contribution < -0.4 is 5.32 Å². The fourth-order valence-electron chi connectivity index (χ4n) is 2.45. The van der Waals surface area contributed by atoms with E-state index in [0.717, 1.165) is 23.2 Å². The first-order valence-corrected chi connectivity index (χ1v) is 8.01. The highest BCUT2D eigenvalue weighted by Crippen LogP contribution is 2.10. The van der Waals surface area contributed by atoms with E-state index in [4.69, 9.17) is 0 Å². The monoisotopic (exact) mass is 320 g/mol. The molecule has 0 fully saturated rings. The summed E-state index contributed by atoms with van der Waals surface area (Å²) in [5.74, 6) is -0.227. The Kier molecular flexibility index (Phi) is 4.70. The van der Waals surface area contributed by atoms with Crippen LogP contribution in [0.2, 0.25) is 0 Å². The minimum atomic E-state index is -0.227. The number of hydrogen-bond acceptors (Lipinski definition) is 3. The summed E-state index contributed by atoms with van der Waals surface area (Å²) in [4.78, 5) is 12.2. The van der Waals surface area contributed by atoms with E-state index in [9.17, 15) is 4.79 Å². The molecule has 0 saturated heterocycles. The molecular weight excluding hydrogens is 300 g/mol. The molecule has 0 atom stereocenters. The van der Waals surface area contributed by atoms with Gasteiger partial charge in [0.05, 0.1) is 11.9 Å². The second kappa shape index (κ2) is 7.08. The third-order valence-electron chi connectivity index (χ3n) is 4.04. The minimum Gasteiger partial charge on any atom is -0.347 e. The lowest BCUT2D eigenvalue weighted by Crippen LogP contribution is -2.23. The van der Waals surface area contributed by atoms with E-state index < -0.39 is 0 Å². The maximum absolute atomic E-state index is 12.2. The van der Waals surface area contributed by atoms with Crippen LogP contribution in [0.1, 0.15) is 34.1 Å². The van der Waals surface area contributed by atoms with Crippen LogP contribution >= 0.6 is 0 Å². The topological polar surface area (TPSA) is 59.8 Å². The summed E-state index contributed by atoms with van der Waals surface area (Å²) in [5, 5.41) is 10.9. The fraction of sp³-hybridized carbons (Fsp3) is 0.211. The Morgan fingerprint density at radius 3 is 2.58 bits per heavy atom. The van der Waals surface area contributed by atoms with E-state index in [-0.39, 0.29) is 5.91 Å². The van der Waals surface area contributed by atoms with E-state index >= 15 is 0 Å². The molecule has 0 bridgehead atoms. The van der Waals surface area contributed by atoms with Gasteiger partial charge in [-0.15, -0.1) is 5.10 Å². The Hall–Kier alpha value is -2.95. The number of carbonyl (C=O) groups is 1. The zero-order valence-corrected chi connectivity index (χ0v) is 13.9. The number of benzene rings is 2. The van der Waals surface area contributed by atoms with Crippen LogP contribution in [0.5, 0.6) is 0 Å². The molecule has 1 amide bonds.